The van der Waals surface area contributed by atoms with Crippen molar-refractivity contribution in [3.63, 3.8) is 0 Å². The van der Waals surface area contributed by atoms with E-state index in [1.54, 1.807) is 19.6 Å². The van der Waals surface area contributed by atoms with Gasteiger partial charge in [-0.1, -0.05) is 19.1 Å². The summed E-state index contributed by atoms with van der Waals surface area (Å²) in [7, 11) is 1.65. The van der Waals surface area contributed by atoms with E-state index in [1.807, 2.05) is 47.0 Å². The first-order valence-corrected chi connectivity index (χ1v) is 8.74. The Kier molecular flexibility index (Phi) is 4.31. The van der Waals surface area contributed by atoms with Crippen LogP contribution in [0.25, 0.3) is 27.9 Å². The van der Waals surface area contributed by atoms with Gasteiger partial charge >= 0.3 is 0 Å². The lowest BCUT2D eigenvalue weighted by atomic mass is 9.98. The van der Waals surface area contributed by atoms with Gasteiger partial charge in [-0.25, -0.2) is 4.98 Å². The standard InChI is InChI=1S/C22H18N4O/c1-3-18-9-8-17(12-25-18)22-19(16-6-4-15(11-23)5-7-16)10-21(27-2)20-13-24-14-26(20)22/h4-10,12-14H,3H2,1-2H3. The number of imidazole rings is 1. The molecule has 132 valence electrons. The molecule has 0 N–H and O–H groups in total. The first-order valence-electron chi connectivity index (χ1n) is 8.74. The van der Waals surface area contributed by atoms with Crippen molar-refractivity contribution in [1.82, 2.24) is 14.4 Å². The molecule has 4 rings (SSSR count). The largest absolute Gasteiger partial charge is 0.494 e. The molecule has 3 heterocycles. The zero-order chi connectivity index (χ0) is 18.8. The fourth-order valence-electron chi connectivity index (χ4n) is 3.23. The van der Waals surface area contributed by atoms with Crippen molar-refractivity contribution in [2.45, 2.75) is 13.3 Å². The minimum Gasteiger partial charge on any atom is -0.494 e. The van der Waals surface area contributed by atoms with Gasteiger partial charge in [0.25, 0.3) is 0 Å². The number of methoxy groups -OCH3 is 1. The monoisotopic (exact) mass is 354 g/mol. The topological polar surface area (TPSA) is 63.2 Å². The molecule has 0 unspecified atom stereocenters. The zero-order valence-corrected chi connectivity index (χ0v) is 15.2. The molecule has 0 amide bonds. The van der Waals surface area contributed by atoms with Gasteiger partial charge in [-0.3, -0.25) is 9.38 Å². The van der Waals surface area contributed by atoms with E-state index in [0.29, 0.717) is 5.56 Å². The Bertz CT molecular complexity index is 1140. The minimum absolute atomic E-state index is 0.630. The SMILES string of the molecule is CCc1ccc(-c2c(-c3ccc(C#N)cc3)cc(OC)c3cncn23)cn1. The van der Waals surface area contributed by atoms with Crippen LogP contribution in [0.1, 0.15) is 18.2 Å². The maximum atomic E-state index is 9.09. The molecule has 0 radical (unpaired) electrons. The van der Waals surface area contributed by atoms with Gasteiger partial charge < -0.3 is 4.74 Å². The Balaban J connectivity index is 2.01. The highest BCUT2D eigenvalue weighted by Gasteiger charge is 2.16. The first kappa shape index (κ1) is 16.8. The van der Waals surface area contributed by atoms with Crippen LogP contribution >= 0.6 is 0 Å². The number of ether oxygens (including phenoxy) is 1. The van der Waals surface area contributed by atoms with Crippen LogP contribution in [-0.4, -0.2) is 21.5 Å². The second-order valence-electron chi connectivity index (χ2n) is 6.20. The normalized spacial score (nSPS) is 10.7. The predicted octanol–water partition coefficient (Wildman–Crippen LogP) is 4.51. The van der Waals surface area contributed by atoms with Crippen LogP contribution in [-0.2, 0) is 6.42 Å². The van der Waals surface area contributed by atoms with Gasteiger partial charge in [0.1, 0.15) is 11.3 Å². The zero-order valence-electron chi connectivity index (χ0n) is 15.2. The molecule has 5 heteroatoms. The van der Waals surface area contributed by atoms with E-state index in [4.69, 9.17) is 10.00 Å². The van der Waals surface area contributed by atoms with Crippen molar-refractivity contribution in [1.29, 1.82) is 5.26 Å². The van der Waals surface area contributed by atoms with Crippen LogP contribution in [0.5, 0.6) is 5.75 Å². The molecule has 4 aromatic rings. The lowest BCUT2D eigenvalue weighted by Gasteiger charge is -2.16. The van der Waals surface area contributed by atoms with Gasteiger partial charge in [-0.15, -0.1) is 0 Å². The maximum absolute atomic E-state index is 9.09. The van der Waals surface area contributed by atoms with Crippen molar-refractivity contribution >= 4 is 5.52 Å². The van der Waals surface area contributed by atoms with E-state index in [0.717, 1.165) is 45.8 Å². The summed E-state index contributed by atoms with van der Waals surface area (Å²) < 4.78 is 7.61. The number of fused-ring (bicyclic) bond motifs is 1. The number of hydrogen-bond donors (Lipinski definition) is 0. The van der Waals surface area contributed by atoms with Crippen molar-refractivity contribution in [2.75, 3.05) is 7.11 Å². The van der Waals surface area contributed by atoms with E-state index in [2.05, 4.69) is 29.0 Å². The maximum Gasteiger partial charge on any atom is 0.145 e. The Labute approximate surface area is 157 Å². The summed E-state index contributed by atoms with van der Waals surface area (Å²) in [4.78, 5) is 8.87. The average molecular weight is 354 g/mol. The third-order valence-electron chi connectivity index (χ3n) is 4.67. The second-order valence-corrected chi connectivity index (χ2v) is 6.20. The third-order valence-corrected chi connectivity index (χ3v) is 4.67. The van der Waals surface area contributed by atoms with Crippen LogP contribution in [0, 0.1) is 11.3 Å². The third kappa shape index (κ3) is 2.91. The summed E-state index contributed by atoms with van der Waals surface area (Å²) in [6, 6.07) is 15.9. The molecule has 0 saturated heterocycles. The Morgan fingerprint density at radius 1 is 1.07 bits per heavy atom. The fraction of sp³-hybridized carbons (Fsp3) is 0.136. The molecule has 3 aromatic heterocycles. The number of aromatic nitrogens is 3. The first-order chi connectivity index (χ1) is 13.2. The lowest BCUT2D eigenvalue weighted by Crippen LogP contribution is -1.99. The number of aryl methyl sites for hydroxylation is 1. The number of hydrogen-bond acceptors (Lipinski definition) is 4. The molecule has 0 aliphatic rings. The molecular weight excluding hydrogens is 336 g/mol. The summed E-state index contributed by atoms with van der Waals surface area (Å²) in [6.45, 7) is 2.09. The van der Waals surface area contributed by atoms with Crippen LogP contribution in [0.15, 0.2) is 61.2 Å². The van der Waals surface area contributed by atoms with Crippen molar-refractivity contribution < 1.29 is 4.74 Å². The summed E-state index contributed by atoms with van der Waals surface area (Å²) in [5, 5.41) is 9.09. The average Bonchev–Trinajstić information content (AvgIpc) is 3.22. The molecule has 0 aliphatic heterocycles. The highest BCUT2D eigenvalue weighted by molar-refractivity contribution is 5.86. The summed E-state index contributed by atoms with van der Waals surface area (Å²) in [5.41, 5.74) is 6.55. The van der Waals surface area contributed by atoms with Crippen LogP contribution in [0.4, 0.5) is 0 Å². The number of nitriles is 1. The molecule has 0 saturated carbocycles. The number of pyridine rings is 2. The van der Waals surface area contributed by atoms with Crippen LogP contribution in [0.2, 0.25) is 0 Å². The molecule has 27 heavy (non-hydrogen) atoms. The van der Waals surface area contributed by atoms with E-state index in [-0.39, 0.29) is 0 Å². The van der Waals surface area contributed by atoms with Crippen molar-refractivity contribution in [3.05, 3.63) is 72.4 Å². The number of nitrogens with zero attached hydrogens (tertiary/aromatic N) is 4. The van der Waals surface area contributed by atoms with E-state index < -0.39 is 0 Å². The Morgan fingerprint density at radius 2 is 1.85 bits per heavy atom. The highest BCUT2D eigenvalue weighted by atomic mass is 16.5. The Hall–Kier alpha value is -3.65. The van der Waals surface area contributed by atoms with Crippen molar-refractivity contribution in [2.24, 2.45) is 0 Å². The van der Waals surface area contributed by atoms with Gasteiger partial charge in [-0.05, 0) is 42.3 Å². The lowest BCUT2D eigenvalue weighted by molar-refractivity contribution is 0.418. The fourth-order valence-corrected chi connectivity index (χ4v) is 3.23. The smallest absolute Gasteiger partial charge is 0.145 e. The molecule has 0 spiro atoms. The summed E-state index contributed by atoms with van der Waals surface area (Å²) in [5.74, 6) is 0.744. The van der Waals surface area contributed by atoms with Gasteiger partial charge in [0.2, 0.25) is 0 Å². The Morgan fingerprint density at radius 3 is 2.48 bits per heavy atom. The number of rotatable bonds is 4. The summed E-state index contributed by atoms with van der Waals surface area (Å²) in [6.07, 6.45) is 6.37. The van der Waals surface area contributed by atoms with Crippen molar-refractivity contribution in [3.8, 4) is 34.2 Å². The highest BCUT2D eigenvalue weighted by Crippen LogP contribution is 2.37. The van der Waals surface area contributed by atoms with E-state index >= 15 is 0 Å². The van der Waals surface area contributed by atoms with Gasteiger partial charge in [-0.2, -0.15) is 5.26 Å². The number of benzene rings is 1. The molecule has 0 aliphatic carbocycles. The van der Waals surface area contributed by atoms with E-state index in [9.17, 15) is 0 Å². The van der Waals surface area contributed by atoms with Gasteiger partial charge in [0, 0.05) is 23.0 Å². The molecular formula is C22H18N4O. The minimum atomic E-state index is 0.630. The molecule has 5 nitrogen and oxygen atoms in total. The van der Waals surface area contributed by atoms with Gasteiger partial charge in [0.15, 0.2) is 0 Å². The molecule has 0 bridgehead atoms. The van der Waals surface area contributed by atoms with Crippen LogP contribution < -0.4 is 4.74 Å². The molecule has 1 aromatic carbocycles. The summed E-state index contributed by atoms with van der Waals surface area (Å²) >= 11 is 0. The molecule has 0 fully saturated rings. The second kappa shape index (κ2) is 6.93. The van der Waals surface area contributed by atoms with E-state index in [1.165, 1.54) is 0 Å². The van der Waals surface area contributed by atoms with Crippen LogP contribution in [0.3, 0.4) is 0 Å². The van der Waals surface area contributed by atoms with Gasteiger partial charge in [0.05, 0.1) is 37.0 Å². The quantitative estimate of drug-likeness (QED) is 0.541. The predicted molar refractivity (Wildman–Crippen MR) is 105 cm³/mol. The molecule has 0 atom stereocenters.